The number of hydrogen-bond donors (Lipinski definition) is 1. The van der Waals surface area contributed by atoms with Crippen molar-refractivity contribution in [3.63, 3.8) is 0 Å². The molecule has 2 aromatic heterocycles. The quantitative estimate of drug-likeness (QED) is 0.169. The molecule has 0 bridgehead atoms. The number of hydrogen-bond acceptors (Lipinski definition) is 6. The Kier molecular flexibility index (Phi) is 8.09. The normalized spacial score (nSPS) is 14.3. The fraction of sp³-hybridized carbons (Fsp3) is 0.333. The molecule has 0 aliphatic carbocycles. The molecular formula is C27H25Cl2F3N4O2. The van der Waals surface area contributed by atoms with Crippen molar-refractivity contribution in [2.75, 3.05) is 31.1 Å². The van der Waals surface area contributed by atoms with E-state index in [1.807, 2.05) is 30.5 Å². The zero-order valence-electron chi connectivity index (χ0n) is 20.3. The predicted molar refractivity (Wildman–Crippen MR) is 143 cm³/mol. The summed E-state index contributed by atoms with van der Waals surface area (Å²) >= 11 is 11.8. The van der Waals surface area contributed by atoms with E-state index in [0.717, 1.165) is 53.4 Å². The summed E-state index contributed by atoms with van der Waals surface area (Å²) in [6.07, 6.45) is 0.705. The van der Waals surface area contributed by atoms with Gasteiger partial charge < -0.3 is 19.7 Å². The molecule has 2 aromatic carbocycles. The lowest BCUT2D eigenvalue weighted by atomic mass is 10.1. The second-order valence-corrected chi connectivity index (χ2v) is 9.88. The third-order valence-electron chi connectivity index (χ3n) is 6.34. The highest BCUT2D eigenvalue weighted by molar-refractivity contribution is 6.43. The van der Waals surface area contributed by atoms with Crippen LogP contribution in [0, 0.1) is 0 Å². The highest BCUT2D eigenvalue weighted by Gasteiger charge is 2.33. The van der Waals surface area contributed by atoms with Crippen molar-refractivity contribution in [3.05, 3.63) is 70.5 Å². The van der Waals surface area contributed by atoms with Crippen LogP contribution in [0.25, 0.3) is 21.7 Å². The number of fused-ring (bicyclic) bond motifs is 3. The molecule has 0 saturated carbocycles. The van der Waals surface area contributed by atoms with Gasteiger partial charge in [0, 0.05) is 54.8 Å². The molecule has 200 valence electrons. The van der Waals surface area contributed by atoms with Crippen LogP contribution in [0.1, 0.15) is 18.4 Å². The smallest absolute Gasteiger partial charge is 0.404 e. The molecule has 5 rings (SSSR count). The first-order valence-electron chi connectivity index (χ1n) is 12.2. The van der Waals surface area contributed by atoms with Crippen molar-refractivity contribution >= 4 is 50.7 Å². The molecule has 1 saturated heterocycles. The van der Waals surface area contributed by atoms with Gasteiger partial charge >= 0.3 is 6.36 Å². The monoisotopic (exact) mass is 564 g/mol. The van der Waals surface area contributed by atoms with E-state index in [1.165, 1.54) is 12.1 Å². The summed E-state index contributed by atoms with van der Waals surface area (Å²) < 4.78 is 47.7. The van der Waals surface area contributed by atoms with E-state index in [0.29, 0.717) is 25.3 Å². The van der Waals surface area contributed by atoms with Crippen molar-refractivity contribution in [2.45, 2.75) is 31.9 Å². The Labute approximate surface area is 227 Å². The van der Waals surface area contributed by atoms with Crippen LogP contribution in [0.2, 0.25) is 10.0 Å². The van der Waals surface area contributed by atoms with Crippen molar-refractivity contribution < 1.29 is 22.6 Å². The molecule has 0 amide bonds. The number of halogens is 5. The Bertz CT molecular complexity index is 1430. The van der Waals surface area contributed by atoms with Crippen molar-refractivity contribution in [1.29, 1.82) is 0 Å². The molecule has 0 unspecified atom stereocenters. The van der Waals surface area contributed by atoms with Gasteiger partial charge in [-0.3, -0.25) is 4.98 Å². The number of para-hydroxylation sites is 1. The van der Waals surface area contributed by atoms with Gasteiger partial charge in [0.2, 0.25) is 0 Å². The predicted octanol–water partition coefficient (Wildman–Crippen LogP) is 6.76. The van der Waals surface area contributed by atoms with E-state index >= 15 is 0 Å². The first-order chi connectivity index (χ1) is 18.3. The number of aromatic nitrogens is 2. The minimum atomic E-state index is -4.84. The highest BCUT2D eigenvalue weighted by Crippen LogP contribution is 2.37. The summed E-state index contributed by atoms with van der Waals surface area (Å²) in [5, 5.41) is 6.22. The standard InChI is InChI=1S/C27H25Cl2F3N4O2/c28-22-11-17(12-24(25(22)29)38-27(30,31)32)13-33-8-3-4-10-37-18-15-36(16-18)26-20-7-9-34-14-21(20)19-5-1-2-6-23(19)35-26/h1-2,5-7,9,11-12,14,18,33H,3-4,8,10,13,15-16H2. The lowest BCUT2D eigenvalue weighted by Gasteiger charge is -2.40. The summed E-state index contributed by atoms with van der Waals surface area (Å²) in [7, 11) is 0. The van der Waals surface area contributed by atoms with Crippen LogP contribution in [-0.2, 0) is 11.3 Å². The number of benzene rings is 2. The summed E-state index contributed by atoms with van der Waals surface area (Å²) in [5.74, 6) is 0.450. The lowest BCUT2D eigenvalue weighted by Crippen LogP contribution is -2.52. The Morgan fingerprint density at radius 3 is 2.66 bits per heavy atom. The Morgan fingerprint density at radius 1 is 1.03 bits per heavy atom. The second-order valence-electron chi connectivity index (χ2n) is 9.09. The zero-order chi connectivity index (χ0) is 26.7. The van der Waals surface area contributed by atoms with Gasteiger partial charge in [0.1, 0.15) is 16.6 Å². The molecule has 0 radical (unpaired) electrons. The molecule has 38 heavy (non-hydrogen) atoms. The number of rotatable bonds is 10. The van der Waals surface area contributed by atoms with Crippen molar-refractivity contribution in [1.82, 2.24) is 15.3 Å². The Balaban J connectivity index is 1.04. The first-order valence-corrected chi connectivity index (χ1v) is 13.0. The highest BCUT2D eigenvalue weighted by atomic mass is 35.5. The van der Waals surface area contributed by atoms with E-state index in [4.69, 9.17) is 32.9 Å². The lowest BCUT2D eigenvalue weighted by molar-refractivity contribution is -0.274. The molecule has 0 atom stereocenters. The number of pyridine rings is 2. The maximum atomic E-state index is 12.6. The average molecular weight is 565 g/mol. The minimum absolute atomic E-state index is 0.0108. The second kappa shape index (κ2) is 11.5. The van der Waals surface area contributed by atoms with Crippen LogP contribution in [-0.4, -0.2) is 48.7 Å². The van der Waals surface area contributed by atoms with Gasteiger partial charge in [-0.2, -0.15) is 0 Å². The molecule has 4 aromatic rings. The van der Waals surface area contributed by atoms with Gasteiger partial charge in [-0.15, -0.1) is 13.2 Å². The maximum Gasteiger partial charge on any atom is 0.573 e. The summed E-state index contributed by atoms with van der Waals surface area (Å²) in [6, 6.07) is 12.9. The van der Waals surface area contributed by atoms with Crippen LogP contribution in [0.3, 0.4) is 0 Å². The van der Waals surface area contributed by atoms with E-state index in [2.05, 4.69) is 26.0 Å². The molecule has 11 heteroatoms. The molecular weight excluding hydrogens is 540 g/mol. The molecule has 1 N–H and O–H groups in total. The van der Waals surface area contributed by atoms with E-state index in [1.54, 1.807) is 6.20 Å². The zero-order valence-corrected chi connectivity index (χ0v) is 21.8. The van der Waals surface area contributed by atoms with E-state index in [9.17, 15) is 13.2 Å². The molecule has 1 aliphatic heterocycles. The third kappa shape index (κ3) is 6.23. The Hall–Kier alpha value is -2.85. The van der Waals surface area contributed by atoms with Crippen LogP contribution in [0.5, 0.6) is 5.75 Å². The van der Waals surface area contributed by atoms with Gasteiger partial charge in [0.25, 0.3) is 0 Å². The number of unbranched alkanes of at least 4 members (excludes halogenated alkanes) is 1. The van der Waals surface area contributed by atoms with Crippen LogP contribution in [0.4, 0.5) is 19.0 Å². The molecule has 0 spiro atoms. The summed E-state index contributed by atoms with van der Waals surface area (Å²) in [5.41, 5.74) is 1.50. The molecule has 1 fully saturated rings. The number of nitrogens with zero attached hydrogens (tertiary/aromatic N) is 3. The summed E-state index contributed by atoms with van der Waals surface area (Å²) in [6.45, 7) is 3.20. The number of alkyl halides is 3. The number of nitrogens with one attached hydrogen (secondary N) is 1. The fourth-order valence-corrected chi connectivity index (χ4v) is 4.87. The van der Waals surface area contributed by atoms with E-state index < -0.39 is 12.1 Å². The van der Waals surface area contributed by atoms with Crippen LogP contribution >= 0.6 is 23.2 Å². The van der Waals surface area contributed by atoms with Crippen molar-refractivity contribution in [3.8, 4) is 5.75 Å². The molecule has 1 aliphatic rings. The molecule has 6 nitrogen and oxygen atoms in total. The summed E-state index contributed by atoms with van der Waals surface area (Å²) in [4.78, 5) is 11.4. The Morgan fingerprint density at radius 2 is 1.84 bits per heavy atom. The minimum Gasteiger partial charge on any atom is -0.404 e. The fourth-order valence-electron chi connectivity index (χ4n) is 4.49. The maximum absolute atomic E-state index is 12.6. The SMILES string of the molecule is FC(F)(F)Oc1cc(CNCCCCOC2CN(c3nc4ccccc4c4cnccc34)C2)cc(Cl)c1Cl. The number of ether oxygens (including phenoxy) is 2. The van der Waals surface area contributed by atoms with Crippen LogP contribution < -0.4 is 15.0 Å². The number of anilines is 1. The largest absolute Gasteiger partial charge is 0.573 e. The van der Waals surface area contributed by atoms with Crippen molar-refractivity contribution in [2.24, 2.45) is 0 Å². The van der Waals surface area contributed by atoms with Gasteiger partial charge in [-0.05, 0) is 49.2 Å². The third-order valence-corrected chi connectivity index (χ3v) is 7.13. The average Bonchev–Trinajstić information content (AvgIpc) is 2.86. The first kappa shape index (κ1) is 26.7. The van der Waals surface area contributed by atoms with E-state index in [-0.39, 0.29) is 16.1 Å². The molecule has 3 heterocycles. The topological polar surface area (TPSA) is 59.5 Å². The van der Waals surface area contributed by atoms with Gasteiger partial charge in [-0.25, -0.2) is 4.98 Å². The van der Waals surface area contributed by atoms with Crippen LogP contribution in [0.15, 0.2) is 54.9 Å². The van der Waals surface area contributed by atoms with Gasteiger partial charge in [0.15, 0.2) is 0 Å². The van der Waals surface area contributed by atoms with Gasteiger partial charge in [-0.1, -0.05) is 41.4 Å². The van der Waals surface area contributed by atoms with Gasteiger partial charge in [0.05, 0.1) is 16.6 Å².